The Labute approximate surface area is 124 Å². The Balaban J connectivity index is 1.81. The van der Waals surface area contributed by atoms with Crippen molar-refractivity contribution in [1.29, 1.82) is 0 Å². The second-order valence-electron chi connectivity index (χ2n) is 5.13. The second kappa shape index (κ2) is 3.88. The van der Waals surface area contributed by atoms with Crippen molar-refractivity contribution < 1.29 is 9.26 Å². The van der Waals surface area contributed by atoms with Crippen molar-refractivity contribution in [3.05, 3.63) is 42.5 Å². The largest absolute Gasteiger partial charge is 0.453 e. The van der Waals surface area contributed by atoms with Gasteiger partial charge in [-0.25, -0.2) is 4.98 Å². The molecule has 106 valence electrons. The van der Waals surface area contributed by atoms with Gasteiger partial charge in [-0.2, -0.15) is 0 Å². The number of fused-ring (bicyclic) bond motifs is 5. The van der Waals surface area contributed by atoms with Gasteiger partial charge in [-0.1, -0.05) is 17.3 Å². The van der Waals surface area contributed by atoms with Crippen LogP contribution in [0, 0.1) is 0 Å². The molecule has 0 bridgehead atoms. The number of aromatic nitrogens is 2. The predicted molar refractivity (Wildman–Crippen MR) is 83.5 cm³/mol. The lowest BCUT2D eigenvalue weighted by atomic mass is 10.1. The first-order valence-electron chi connectivity index (χ1n) is 6.82. The standard InChI is InChI=1S/C16H10N4O2/c17-16-15-11(20-22-16)7-8-9(18-15)5-6-13-14(8)19-10-3-1-2-4-12(10)21-13/h1-7,19H,17H2. The van der Waals surface area contributed by atoms with Crippen LogP contribution in [0.5, 0.6) is 11.5 Å². The van der Waals surface area contributed by atoms with E-state index in [0.29, 0.717) is 11.0 Å². The fraction of sp³-hybridized carbons (Fsp3) is 0. The van der Waals surface area contributed by atoms with Crippen molar-refractivity contribution in [3.63, 3.8) is 0 Å². The first-order valence-corrected chi connectivity index (χ1v) is 6.82. The van der Waals surface area contributed by atoms with E-state index in [4.69, 9.17) is 15.0 Å². The summed E-state index contributed by atoms with van der Waals surface area (Å²) in [6.45, 7) is 0. The molecule has 3 N–H and O–H groups in total. The van der Waals surface area contributed by atoms with E-state index in [1.165, 1.54) is 0 Å². The number of benzene rings is 2. The van der Waals surface area contributed by atoms with Crippen molar-refractivity contribution in [2.24, 2.45) is 0 Å². The van der Waals surface area contributed by atoms with Gasteiger partial charge in [0.1, 0.15) is 5.52 Å². The summed E-state index contributed by atoms with van der Waals surface area (Å²) in [4.78, 5) is 4.52. The van der Waals surface area contributed by atoms with Crippen molar-refractivity contribution >= 4 is 39.2 Å². The first-order chi connectivity index (χ1) is 10.8. The summed E-state index contributed by atoms with van der Waals surface area (Å²) in [7, 11) is 0. The number of rotatable bonds is 0. The highest BCUT2D eigenvalue weighted by atomic mass is 16.5. The molecule has 0 saturated carbocycles. The zero-order valence-electron chi connectivity index (χ0n) is 11.3. The molecule has 1 aliphatic heterocycles. The Morgan fingerprint density at radius 2 is 1.91 bits per heavy atom. The van der Waals surface area contributed by atoms with Crippen molar-refractivity contribution in [1.82, 2.24) is 10.1 Å². The van der Waals surface area contributed by atoms with E-state index >= 15 is 0 Å². The number of ether oxygens (including phenoxy) is 1. The average molecular weight is 290 g/mol. The van der Waals surface area contributed by atoms with Gasteiger partial charge in [0, 0.05) is 5.39 Å². The molecule has 0 fully saturated rings. The van der Waals surface area contributed by atoms with Crippen LogP contribution in [0.15, 0.2) is 47.0 Å². The average Bonchev–Trinajstić information content (AvgIpc) is 2.92. The van der Waals surface area contributed by atoms with Crippen molar-refractivity contribution in [3.8, 4) is 11.5 Å². The van der Waals surface area contributed by atoms with Crippen LogP contribution in [0.25, 0.3) is 21.9 Å². The molecule has 6 nitrogen and oxygen atoms in total. The zero-order chi connectivity index (χ0) is 14.7. The number of pyridine rings is 1. The summed E-state index contributed by atoms with van der Waals surface area (Å²) in [5.41, 5.74) is 9.52. The molecular weight excluding hydrogens is 280 g/mol. The molecule has 0 atom stereocenters. The van der Waals surface area contributed by atoms with Crippen LogP contribution < -0.4 is 15.8 Å². The molecule has 0 aliphatic carbocycles. The molecule has 6 heteroatoms. The van der Waals surface area contributed by atoms with Crippen LogP contribution in [0.4, 0.5) is 17.3 Å². The number of para-hydroxylation sites is 2. The Kier molecular flexibility index (Phi) is 2.01. The second-order valence-corrected chi connectivity index (χ2v) is 5.13. The molecular formula is C16H10N4O2. The van der Waals surface area contributed by atoms with E-state index in [1.807, 2.05) is 42.5 Å². The monoisotopic (exact) mass is 290 g/mol. The molecule has 0 radical (unpaired) electrons. The highest BCUT2D eigenvalue weighted by Gasteiger charge is 2.20. The van der Waals surface area contributed by atoms with Crippen LogP contribution in [-0.4, -0.2) is 10.1 Å². The molecule has 0 amide bonds. The normalized spacial score (nSPS) is 12.5. The number of anilines is 3. The summed E-state index contributed by atoms with van der Waals surface area (Å²) in [5.74, 6) is 1.78. The third-order valence-electron chi connectivity index (χ3n) is 3.78. The highest BCUT2D eigenvalue weighted by molar-refractivity contribution is 6.04. The molecule has 0 spiro atoms. The van der Waals surface area contributed by atoms with Gasteiger partial charge in [0.2, 0.25) is 5.88 Å². The van der Waals surface area contributed by atoms with E-state index < -0.39 is 0 Å². The number of nitrogens with two attached hydrogens (primary N) is 1. The Morgan fingerprint density at radius 3 is 2.86 bits per heavy atom. The summed E-state index contributed by atoms with van der Waals surface area (Å²) in [6.07, 6.45) is 0. The van der Waals surface area contributed by atoms with Crippen LogP contribution in [-0.2, 0) is 0 Å². The summed E-state index contributed by atoms with van der Waals surface area (Å²) in [6, 6.07) is 13.5. The lowest BCUT2D eigenvalue weighted by molar-refractivity contribution is 0.445. The van der Waals surface area contributed by atoms with Gasteiger partial charge in [-0.3, -0.25) is 0 Å². The highest BCUT2D eigenvalue weighted by Crippen LogP contribution is 2.45. The Bertz CT molecular complexity index is 1050. The molecule has 3 heterocycles. The number of nitrogens with zero attached hydrogens (tertiary/aromatic N) is 2. The minimum absolute atomic E-state index is 0.226. The summed E-state index contributed by atoms with van der Waals surface area (Å²) < 4.78 is 10.9. The maximum Gasteiger partial charge on any atom is 0.248 e. The van der Waals surface area contributed by atoms with E-state index in [2.05, 4.69) is 15.5 Å². The molecule has 4 aromatic rings. The molecule has 0 saturated heterocycles. The van der Waals surface area contributed by atoms with E-state index in [1.54, 1.807) is 0 Å². The Hall–Kier alpha value is -3.28. The van der Waals surface area contributed by atoms with Crippen molar-refractivity contribution in [2.75, 3.05) is 11.1 Å². The van der Waals surface area contributed by atoms with E-state index in [9.17, 15) is 0 Å². The first kappa shape index (κ1) is 11.4. The number of hydrogen-bond donors (Lipinski definition) is 2. The lowest BCUT2D eigenvalue weighted by Crippen LogP contribution is -2.03. The van der Waals surface area contributed by atoms with Gasteiger partial charge in [0.25, 0.3) is 0 Å². The maximum atomic E-state index is 5.94. The maximum absolute atomic E-state index is 5.94. The minimum Gasteiger partial charge on any atom is -0.453 e. The molecule has 2 aromatic heterocycles. The van der Waals surface area contributed by atoms with Gasteiger partial charge >= 0.3 is 0 Å². The molecule has 2 aromatic carbocycles. The van der Waals surface area contributed by atoms with Crippen molar-refractivity contribution in [2.45, 2.75) is 0 Å². The minimum atomic E-state index is 0.226. The third kappa shape index (κ3) is 1.43. The predicted octanol–water partition coefficient (Wildman–Crippen LogP) is 3.81. The number of nitrogen functional groups attached to an aromatic ring is 1. The molecule has 0 unspecified atom stereocenters. The fourth-order valence-corrected chi connectivity index (χ4v) is 2.73. The van der Waals surface area contributed by atoms with Crippen LogP contribution in [0.2, 0.25) is 0 Å². The fourth-order valence-electron chi connectivity index (χ4n) is 2.73. The number of hydrogen-bond acceptors (Lipinski definition) is 6. The van der Waals surface area contributed by atoms with Gasteiger partial charge in [0.05, 0.1) is 16.9 Å². The lowest BCUT2D eigenvalue weighted by Gasteiger charge is -2.22. The quantitative estimate of drug-likeness (QED) is 0.451. The van der Waals surface area contributed by atoms with Crippen LogP contribution in [0.1, 0.15) is 0 Å². The van der Waals surface area contributed by atoms with Crippen LogP contribution in [0.3, 0.4) is 0 Å². The van der Waals surface area contributed by atoms with Gasteiger partial charge in [-0.15, -0.1) is 0 Å². The summed E-state index contributed by atoms with van der Waals surface area (Å²) >= 11 is 0. The SMILES string of the molecule is Nc1onc2cc3c4c(ccc3nc12)Oc1ccccc1N4. The van der Waals surface area contributed by atoms with E-state index in [-0.39, 0.29) is 5.88 Å². The Morgan fingerprint density at radius 1 is 1.00 bits per heavy atom. The van der Waals surface area contributed by atoms with Gasteiger partial charge in [0.15, 0.2) is 17.0 Å². The number of nitrogens with one attached hydrogen (secondary N) is 1. The smallest absolute Gasteiger partial charge is 0.248 e. The molecule has 22 heavy (non-hydrogen) atoms. The zero-order valence-corrected chi connectivity index (χ0v) is 11.3. The molecule has 5 rings (SSSR count). The van der Waals surface area contributed by atoms with Gasteiger partial charge in [-0.05, 0) is 30.3 Å². The third-order valence-corrected chi connectivity index (χ3v) is 3.78. The van der Waals surface area contributed by atoms with Crippen LogP contribution >= 0.6 is 0 Å². The molecule has 1 aliphatic rings. The van der Waals surface area contributed by atoms with Gasteiger partial charge < -0.3 is 20.3 Å². The topological polar surface area (TPSA) is 86.2 Å². The van der Waals surface area contributed by atoms with E-state index in [0.717, 1.165) is 33.8 Å². The summed E-state index contributed by atoms with van der Waals surface area (Å²) in [5, 5.41) is 8.24.